The van der Waals surface area contributed by atoms with Crippen molar-refractivity contribution in [3.8, 4) is 5.69 Å². The van der Waals surface area contributed by atoms with Crippen LogP contribution in [0.25, 0.3) is 5.69 Å². The largest absolute Gasteiger partial charge is 0.354 e. The molecule has 1 unspecified atom stereocenters. The highest BCUT2D eigenvalue weighted by molar-refractivity contribution is 5.90. The van der Waals surface area contributed by atoms with E-state index in [9.17, 15) is 9.59 Å². The van der Waals surface area contributed by atoms with Gasteiger partial charge in [0.2, 0.25) is 11.8 Å². The van der Waals surface area contributed by atoms with Crippen LogP contribution in [0.2, 0.25) is 0 Å². The molecular formula is C28H36N4O2. The molecule has 2 N–H and O–H groups in total. The lowest BCUT2D eigenvalue weighted by molar-refractivity contribution is -0.122. The number of nitrogens with one attached hydrogen (secondary N) is 2. The van der Waals surface area contributed by atoms with Crippen LogP contribution >= 0.6 is 0 Å². The molecule has 0 fully saturated rings. The number of para-hydroxylation sites is 1. The maximum atomic E-state index is 12.6. The van der Waals surface area contributed by atoms with E-state index in [-0.39, 0.29) is 29.7 Å². The molecule has 1 aromatic heterocycles. The quantitative estimate of drug-likeness (QED) is 0.424. The Bertz CT molecular complexity index is 1070. The smallest absolute Gasteiger partial charge is 0.225 e. The first-order chi connectivity index (χ1) is 16.2. The minimum Gasteiger partial charge on any atom is -0.354 e. The zero-order chi connectivity index (χ0) is 24.6. The molecule has 6 heteroatoms. The zero-order valence-electron chi connectivity index (χ0n) is 20.7. The number of anilines is 1. The Morgan fingerprint density at radius 2 is 1.56 bits per heavy atom. The third-order valence-corrected chi connectivity index (χ3v) is 5.67. The summed E-state index contributed by atoms with van der Waals surface area (Å²) in [5.41, 5.74) is 2.91. The first-order valence-electron chi connectivity index (χ1n) is 12.0. The lowest BCUT2D eigenvalue weighted by Crippen LogP contribution is -2.32. The summed E-state index contributed by atoms with van der Waals surface area (Å²) < 4.78 is 1.76. The molecule has 0 radical (unpaired) electrons. The lowest BCUT2D eigenvalue weighted by Gasteiger charge is -2.14. The summed E-state index contributed by atoms with van der Waals surface area (Å²) in [4.78, 5) is 24.9. The Kier molecular flexibility index (Phi) is 8.63. The van der Waals surface area contributed by atoms with E-state index in [0.717, 1.165) is 24.2 Å². The van der Waals surface area contributed by atoms with Crippen LogP contribution in [0, 0.1) is 0 Å². The standard InChI is InChI=1S/C28H36N4O2/c1-21(18-19-22-12-7-5-8-13-22)29-26(33)16-11-17-27(34)30-25-20-24(28(2,3)4)31-32(25)23-14-9-6-10-15-23/h5-10,12-15,20-21H,11,16-19H2,1-4H3,(H,29,33)(H,30,34). The Morgan fingerprint density at radius 3 is 2.21 bits per heavy atom. The summed E-state index contributed by atoms with van der Waals surface area (Å²) >= 11 is 0. The topological polar surface area (TPSA) is 76.0 Å². The van der Waals surface area contributed by atoms with E-state index in [1.54, 1.807) is 4.68 Å². The lowest BCUT2D eigenvalue weighted by atomic mass is 9.92. The number of benzene rings is 2. The van der Waals surface area contributed by atoms with Gasteiger partial charge in [0.15, 0.2) is 0 Å². The molecule has 1 heterocycles. The molecule has 0 bridgehead atoms. The molecule has 0 saturated heterocycles. The van der Waals surface area contributed by atoms with E-state index in [4.69, 9.17) is 5.10 Å². The Hall–Kier alpha value is -3.41. The number of aryl methyl sites for hydroxylation is 1. The highest BCUT2D eigenvalue weighted by Gasteiger charge is 2.21. The molecule has 34 heavy (non-hydrogen) atoms. The minimum atomic E-state index is -0.144. The van der Waals surface area contributed by atoms with Crippen molar-refractivity contribution in [2.24, 2.45) is 0 Å². The van der Waals surface area contributed by atoms with Crippen LogP contribution in [0.1, 0.15) is 64.6 Å². The molecule has 3 rings (SSSR count). The maximum absolute atomic E-state index is 12.6. The van der Waals surface area contributed by atoms with Crippen molar-refractivity contribution in [2.75, 3.05) is 5.32 Å². The highest BCUT2D eigenvalue weighted by atomic mass is 16.2. The summed E-state index contributed by atoms with van der Waals surface area (Å²) in [5, 5.41) is 10.7. The van der Waals surface area contributed by atoms with Gasteiger partial charge >= 0.3 is 0 Å². The van der Waals surface area contributed by atoms with Gasteiger partial charge in [-0.15, -0.1) is 0 Å². The van der Waals surface area contributed by atoms with Gasteiger partial charge in [-0.3, -0.25) is 9.59 Å². The molecular weight excluding hydrogens is 424 g/mol. The summed E-state index contributed by atoms with van der Waals surface area (Å²) in [6.07, 6.45) is 2.91. The molecule has 0 aliphatic heterocycles. The normalized spacial score (nSPS) is 12.2. The van der Waals surface area contributed by atoms with Gasteiger partial charge in [-0.1, -0.05) is 69.3 Å². The third-order valence-electron chi connectivity index (χ3n) is 5.67. The van der Waals surface area contributed by atoms with Crippen molar-refractivity contribution in [3.63, 3.8) is 0 Å². The van der Waals surface area contributed by atoms with Crippen molar-refractivity contribution in [2.45, 2.75) is 71.3 Å². The Morgan fingerprint density at radius 1 is 0.941 bits per heavy atom. The molecule has 180 valence electrons. The van der Waals surface area contributed by atoms with Gasteiger partial charge in [0.1, 0.15) is 5.82 Å². The van der Waals surface area contributed by atoms with Crippen LogP contribution in [0.3, 0.4) is 0 Å². The summed E-state index contributed by atoms with van der Waals surface area (Å²) in [6, 6.07) is 22.0. The van der Waals surface area contributed by atoms with Crippen molar-refractivity contribution < 1.29 is 9.59 Å². The second-order valence-electron chi connectivity index (χ2n) is 9.81. The monoisotopic (exact) mass is 460 g/mol. The Balaban J connectivity index is 1.48. The highest BCUT2D eigenvalue weighted by Crippen LogP contribution is 2.26. The van der Waals surface area contributed by atoms with Gasteiger partial charge in [0.05, 0.1) is 11.4 Å². The van der Waals surface area contributed by atoms with Crippen LogP contribution in [0.5, 0.6) is 0 Å². The van der Waals surface area contributed by atoms with E-state index in [1.807, 2.05) is 61.5 Å². The third kappa shape index (κ3) is 7.58. The molecule has 0 aliphatic rings. The van der Waals surface area contributed by atoms with Gasteiger partial charge in [-0.25, -0.2) is 4.68 Å². The van der Waals surface area contributed by atoms with Gasteiger partial charge in [-0.2, -0.15) is 5.10 Å². The second-order valence-corrected chi connectivity index (χ2v) is 9.81. The molecule has 0 saturated carbocycles. The van der Waals surface area contributed by atoms with Crippen LogP contribution in [-0.2, 0) is 21.4 Å². The number of carbonyl (C=O) groups excluding carboxylic acids is 2. The van der Waals surface area contributed by atoms with Crippen molar-refractivity contribution in [1.82, 2.24) is 15.1 Å². The van der Waals surface area contributed by atoms with Crippen LogP contribution in [0.15, 0.2) is 66.7 Å². The molecule has 1 atom stereocenters. The number of hydrogen-bond acceptors (Lipinski definition) is 3. The number of hydrogen-bond donors (Lipinski definition) is 2. The minimum absolute atomic E-state index is 0.0160. The molecule has 6 nitrogen and oxygen atoms in total. The predicted octanol–water partition coefficient (Wildman–Crippen LogP) is 5.42. The average Bonchev–Trinajstić information content (AvgIpc) is 3.23. The van der Waals surface area contributed by atoms with Crippen LogP contribution in [0.4, 0.5) is 5.82 Å². The number of aromatic nitrogens is 2. The van der Waals surface area contributed by atoms with E-state index in [1.165, 1.54) is 5.56 Å². The number of carbonyl (C=O) groups is 2. The predicted molar refractivity (Wildman–Crippen MR) is 137 cm³/mol. The van der Waals surface area contributed by atoms with Gasteiger partial charge in [-0.05, 0) is 43.9 Å². The van der Waals surface area contributed by atoms with Gasteiger partial charge in [0, 0.05) is 30.4 Å². The molecule has 2 aromatic carbocycles. The fourth-order valence-corrected chi connectivity index (χ4v) is 3.66. The summed E-state index contributed by atoms with van der Waals surface area (Å²) in [7, 11) is 0. The van der Waals surface area contributed by atoms with E-state index < -0.39 is 0 Å². The summed E-state index contributed by atoms with van der Waals surface area (Å²) in [5.74, 6) is 0.500. The molecule has 3 aromatic rings. The van der Waals surface area contributed by atoms with E-state index in [0.29, 0.717) is 18.7 Å². The van der Waals surface area contributed by atoms with E-state index in [2.05, 4.69) is 43.5 Å². The average molecular weight is 461 g/mol. The zero-order valence-corrected chi connectivity index (χ0v) is 20.7. The molecule has 0 spiro atoms. The van der Waals surface area contributed by atoms with Crippen LogP contribution < -0.4 is 10.6 Å². The molecule has 2 amide bonds. The number of rotatable bonds is 10. The van der Waals surface area contributed by atoms with Gasteiger partial charge < -0.3 is 10.6 Å². The SMILES string of the molecule is CC(CCc1ccccc1)NC(=O)CCCC(=O)Nc1cc(C(C)(C)C)nn1-c1ccccc1. The molecule has 0 aliphatic carbocycles. The fourth-order valence-electron chi connectivity index (χ4n) is 3.66. The van der Waals surface area contributed by atoms with Crippen molar-refractivity contribution in [3.05, 3.63) is 78.0 Å². The van der Waals surface area contributed by atoms with Gasteiger partial charge in [0.25, 0.3) is 0 Å². The summed E-state index contributed by atoms with van der Waals surface area (Å²) in [6.45, 7) is 8.30. The van der Waals surface area contributed by atoms with Crippen LogP contribution in [-0.4, -0.2) is 27.6 Å². The van der Waals surface area contributed by atoms with Crippen molar-refractivity contribution >= 4 is 17.6 Å². The maximum Gasteiger partial charge on any atom is 0.225 e. The Labute approximate surface area is 202 Å². The van der Waals surface area contributed by atoms with E-state index >= 15 is 0 Å². The number of amides is 2. The first-order valence-corrected chi connectivity index (χ1v) is 12.0. The second kappa shape index (κ2) is 11.6. The number of nitrogens with zero attached hydrogens (tertiary/aromatic N) is 2. The fraction of sp³-hybridized carbons (Fsp3) is 0.393. The van der Waals surface area contributed by atoms with Crippen molar-refractivity contribution in [1.29, 1.82) is 0 Å². The first kappa shape index (κ1) is 25.2.